The van der Waals surface area contributed by atoms with Gasteiger partial charge in [-0.15, -0.1) is 0 Å². The lowest BCUT2D eigenvalue weighted by Gasteiger charge is -2.18. The summed E-state index contributed by atoms with van der Waals surface area (Å²) in [5.41, 5.74) is 6.58. The number of nitrogens with two attached hydrogens (primary N) is 1. The number of hydrogen-bond donors (Lipinski definition) is 1. The van der Waals surface area contributed by atoms with E-state index in [0.717, 1.165) is 0 Å². The molecule has 0 heterocycles. The number of nitro benzene ring substituents is 1. The molecule has 0 aliphatic rings. The van der Waals surface area contributed by atoms with Crippen LogP contribution >= 0.6 is 0 Å². The zero-order valence-electron chi connectivity index (χ0n) is 10.8. The first-order valence-electron chi connectivity index (χ1n) is 5.87. The lowest BCUT2D eigenvalue weighted by Crippen LogP contribution is -2.27. The molecule has 0 saturated carbocycles. The average Bonchev–Trinajstić information content (AvgIpc) is 2.47. The normalized spacial score (nSPS) is 10.1. The Morgan fingerprint density at radius 3 is 2.45 bits per heavy atom. The molecule has 1 amide bonds. The fourth-order valence-electron chi connectivity index (χ4n) is 1.79. The highest BCUT2D eigenvalue weighted by atomic mass is 16.6. The smallest absolute Gasteiger partial charge is 0.270 e. The number of benzene rings is 2. The Kier molecular flexibility index (Phi) is 3.65. The molecule has 0 aromatic heterocycles. The number of para-hydroxylation sites is 1. The molecule has 2 rings (SSSR count). The van der Waals surface area contributed by atoms with E-state index in [1.807, 2.05) is 6.07 Å². The molecule has 0 aliphatic heterocycles. The Morgan fingerprint density at radius 1 is 1.20 bits per heavy atom. The third-order valence-electron chi connectivity index (χ3n) is 2.93. The number of anilines is 2. The van der Waals surface area contributed by atoms with Crippen LogP contribution in [0.25, 0.3) is 0 Å². The summed E-state index contributed by atoms with van der Waals surface area (Å²) in [5.74, 6) is -0.391. The molecule has 2 N–H and O–H groups in total. The van der Waals surface area contributed by atoms with Crippen LogP contribution < -0.4 is 10.6 Å². The number of rotatable bonds is 3. The van der Waals surface area contributed by atoms with Crippen LogP contribution in [0.5, 0.6) is 0 Å². The first kappa shape index (κ1) is 13.5. The molecule has 2 aromatic carbocycles. The highest BCUT2D eigenvalue weighted by Crippen LogP contribution is 2.23. The Bertz CT molecular complexity index is 656. The van der Waals surface area contributed by atoms with Gasteiger partial charge in [0, 0.05) is 30.6 Å². The van der Waals surface area contributed by atoms with E-state index in [9.17, 15) is 14.9 Å². The minimum absolute atomic E-state index is 0.116. The van der Waals surface area contributed by atoms with Gasteiger partial charge in [0.05, 0.1) is 10.5 Å². The number of nitrogens with zero attached hydrogens (tertiary/aromatic N) is 2. The van der Waals surface area contributed by atoms with E-state index in [0.29, 0.717) is 5.69 Å². The van der Waals surface area contributed by atoms with E-state index in [1.165, 1.54) is 23.1 Å². The Hall–Kier alpha value is -2.89. The lowest BCUT2D eigenvalue weighted by atomic mass is 10.1. The van der Waals surface area contributed by atoms with Crippen molar-refractivity contribution >= 4 is 23.0 Å². The molecule has 0 spiro atoms. The fourth-order valence-corrected chi connectivity index (χ4v) is 1.79. The monoisotopic (exact) mass is 271 g/mol. The van der Waals surface area contributed by atoms with Crippen LogP contribution in [0.4, 0.5) is 17.1 Å². The van der Waals surface area contributed by atoms with Gasteiger partial charge in [0.25, 0.3) is 11.6 Å². The van der Waals surface area contributed by atoms with Gasteiger partial charge in [-0.2, -0.15) is 0 Å². The van der Waals surface area contributed by atoms with Gasteiger partial charge in [-0.05, 0) is 18.2 Å². The molecule has 0 aliphatic carbocycles. The second-order valence-electron chi connectivity index (χ2n) is 4.23. The maximum absolute atomic E-state index is 12.4. The van der Waals surface area contributed by atoms with Gasteiger partial charge in [0.1, 0.15) is 0 Å². The maximum atomic E-state index is 12.4. The number of carbonyl (C=O) groups is 1. The van der Waals surface area contributed by atoms with E-state index in [2.05, 4.69) is 0 Å². The van der Waals surface area contributed by atoms with E-state index >= 15 is 0 Å². The van der Waals surface area contributed by atoms with Crippen molar-refractivity contribution in [2.75, 3.05) is 17.7 Å². The summed E-state index contributed by atoms with van der Waals surface area (Å²) in [6, 6.07) is 12.8. The molecule has 0 fully saturated rings. The molecule has 0 atom stereocenters. The van der Waals surface area contributed by atoms with Crippen LogP contribution in [-0.2, 0) is 0 Å². The first-order chi connectivity index (χ1) is 9.50. The predicted octanol–water partition coefficient (Wildman–Crippen LogP) is 2.45. The number of hydrogen-bond acceptors (Lipinski definition) is 4. The van der Waals surface area contributed by atoms with Crippen molar-refractivity contribution in [3.63, 3.8) is 0 Å². The van der Waals surface area contributed by atoms with Gasteiger partial charge in [-0.3, -0.25) is 14.9 Å². The highest BCUT2D eigenvalue weighted by Gasteiger charge is 2.19. The van der Waals surface area contributed by atoms with Crippen molar-refractivity contribution in [1.82, 2.24) is 0 Å². The third-order valence-corrected chi connectivity index (χ3v) is 2.93. The van der Waals surface area contributed by atoms with Crippen molar-refractivity contribution in [2.24, 2.45) is 0 Å². The van der Waals surface area contributed by atoms with Crippen LogP contribution in [0, 0.1) is 10.1 Å². The number of non-ortho nitro benzene ring substituents is 1. The largest absolute Gasteiger partial charge is 0.398 e. The minimum Gasteiger partial charge on any atom is -0.398 e. The second kappa shape index (κ2) is 5.40. The van der Waals surface area contributed by atoms with Gasteiger partial charge >= 0.3 is 0 Å². The number of nitrogen functional groups attached to an aromatic ring is 1. The maximum Gasteiger partial charge on any atom is 0.270 e. The summed E-state index contributed by atoms with van der Waals surface area (Å²) in [5, 5.41) is 10.8. The summed E-state index contributed by atoms with van der Waals surface area (Å²) in [4.78, 5) is 24.0. The molecular formula is C14H13N3O3. The Morgan fingerprint density at radius 2 is 1.85 bits per heavy atom. The van der Waals surface area contributed by atoms with E-state index in [1.54, 1.807) is 31.3 Å². The second-order valence-corrected chi connectivity index (χ2v) is 4.23. The molecule has 6 nitrogen and oxygen atoms in total. The molecule has 0 saturated heterocycles. The van der Waals surface area contributed by atoms with Gasteiger partial charge < -0.3 is 10.6 Å². The SMILES string of the molecule is CN(C(=O)c1cc([N+](=O)[O-])ccc1N)c1ccccc1. The van der Waals surface area contributed by atoms with Crippen molar-refractivity contribution in [3.8, 4) is 0 Å². The number of carbonyl (C=O) groups excluding carboxylic acids is 1. The molecule has 2 aromatic rings. The molecule has 0 unspecified atom stereocenters. The third kappa shape index (κ3) is 2.59. The van der Waals surface area contributed by atoms with E-state index < -0.39 is 10.8 Å². The average molecular weight is 271 g/mol. The minimum atomic E-state index is -0.557. The highest BCUT2D eigenvalue weighted by molar-refractivity contribution is 6.09. The van der Waals surface area contributed by atoms with Gasteiger partial charge in [0.15, 0.2) is 0 Å². The topological polar surface area (TPSA) is 89.5 Å². The van der Waals surface area contributed by atoms with Crippen molar-refractivity contribution in [3.05, 3.63) is 64.2 Å². The van der Waals surface area contributed by atoms with Crippen molar-refractivity contribution < 1.29 is 9.72 Å². The Balaban J connectivity index is 2.38. The van der Waals surface area contributed by atoms with Crippen LogP contribution in [0.3, 0.4) is 0 Å². The summed E-state index contributed by atoms with van der Waals surface area (Å²) < 4.78 is 0. The summed E-state index contributed by atoms with van der Waals surface area (Å²) in [6.45, 7) is 0. The first-order valence-corrected chi connectivity index (χ1v) is 5.87. The van der Waals surface area contributed by atoms with Crippen LogP contribution in [0.1, 0.15) is 10.4 Å². The van der Waals surface area contributed by atoms with Gasteiger partial charge in [-0.1, -0.05) is 18.2 Å². The van der Waals surface area contributed by atoms with Gasteiger partial charge in [0.2, 0.25) is 0 Å². The zero-order valence-corrected chi connectivity index (χ0v) is 10.8. The summed E-state index contributed by atoms with van der Waals surface area (Å²) in [7, 11) is 1.59. The van der Waals surface area contributed by atoms with Crippen LogP contribution in [0.2, 0.25) is 0 Å². The molecule has 102 valence electrons. The van der Waals surface area contributed by atoms with E-state index in [4.69, 9.17) is 5.73 Å². The van der Waals surface area contributed by atoms with Crippen LogP contribution in [-0.4, -0.2) is 17.9 Å². The van der Waals surface area contributed by atoms with Crippen molar-refractivity contribution in [2.45, 2.75) is 0 Å². The molecule has 0 bridgehead atoms. The van der Waals surface area contributed by atoms with Gasteiger partial charge in [-0.25, -0.2) is 0 Å². The predicted molar refractivity (Wildman–Crippen MR) is 76.7 cm³/mol. The van der Waals surface area contributed by atoms with Crippen molar-refractivity contribution in [1.29, 1.82) is 0 Å². The van der Waals surface area contributed by atoms with Crippen LogP contribution in [0.15, 0.2) is 48.5 Å². The molecule has 20 heavy (non-hydrogen) atoms. The summed E-state index contributed by atoms with van der Waals surface area (Å²) in [6.07, 6.45) is 0. The zero-order chi connectivity index (χ0) is 14.7. The standard InChI is InChI=1S/C14H13N3O3/c1-16(10-5-3-2-4-6-10)14(18)12-9-11(17(19)20)7-8-13(12)15/h2-9H,15H2,1H3. The molecule has 0 radical (unpaired) electrons. The molecule has 6 heteroatoms. The fraction of sp³-hybridized carbons (Fsp3) is 0.0714. The lowest BCUT2D eigenvalue weighted by molar-refractivity contribution is -0.384. The Labute approximate surface area is 115 Å². The number of amides is 1. The quantitative estimate of drug-likeness (QED) is 0.527. The summed E-state index contributed by atoms with van der Waals surface area (Å²) >= 11 is 0. The number of nitro groups is 1. The van der Waals surface area contributed by atoms with E-state index in [-0.39, 0.29) is 16.9 Å². The molecular weight excluding hydrogens is 258 g/mol.